The molecular weight excluding hydrogens is 336 g/mol. The van der Waals surface area contributed by atoms with Gasteiger partial charge in [0.15, 0.2) is 0 Å². The van der Waals surface area contributed by atoms with Crippen LogP contribution in [0.4, 0.5) is 0 Å². The third kappa shape index (κ3) is 5.98. The summed E-state index contributed by atoms with van der Waals surface area (Å²) in [6.45, 7) is 4.90. The standard InChI is InChI=1S/C23H32N2O2/c1-24(2)13-6-16-27-23-10-4-3-7-21(23)18-25-14-11-19(12-15-25)20-8-5-9-22(26)17-20/h3-5,7-10,17,19,26H,6,11-16,18H2,1-2H3. The Balaban J connectivity index is 1.51. The van der Waals surface area contributed by atoms with E-state index < -0.39 is 0 Å². The number of phenols is 1. The zero-order valence-electron chi connectivity index (χ0n) is 16.6. The van der Waals surface area contributed by atoms with Crippen LogP contribution in [0.5, 0.6) is 11.5 Å². The highest BCUT2D eigenvalue weighted by atomic mass is 16.5. The van der Waals surface area contributed by atoms with Gasteiger partial charge in [0.25, 0.3) is 0 Å². The average molecular weight is 369 g/mol. The summed E-state index contributed by atoms with van der Waals surface area (Å²) < 4.78 is 6.05. The lowest BCUT2D eigenvalue weighted by atomic mass is 9.89. The molecule has 0 aromatic heterocycles. The zero-order valence-corrected chi connectivity index (χ0v) is 16.6. The molecule has 1 saturated heterocycles. The van der Waals surface area contributed by atoms with E-state index in [9.17, 15) is 5.11 Å². The molecule has 0 unspecified atom stereocenters. The van der Waals surface area contributed by atoms with Gasteiger partial charge in [-0.15, -0.1) is 0 Å². The van der Waals surface area contributed by atoms with Gasteiger partial charge in [-0.3, -0.25) is 4.90 Å². The monoisotopic (exact) mass is 368 g/mol. The second kappa shape index (κ2) is 9.77. The Hall–Kier alpha value is -2.04. The fourth-order valence-electron chi connectivity index (χ4n) is 3.78. The summed E-state index contributed by atoms with van der Waals surface area (Å²) in [6, 6.07) is 16.2. The van der Waals surface area contributed by atoms with Crippen molar-refractivity contribution in [2.45, 2.75) is 31.7 Å². The zero-order chi connectivity index (χ0) is 19.1. The summed E-state index contributed by atoms with van der Waals surface area (Å²) in [7, 11) is 4.18. The molecule has 0 aliphatic carbocycles. The highest BCUT2D eigenvalue weighted by Crippen LogP contribution is 2.31. The number of phenolic OH excluding ortho intramolecular Hbond substituents is 1. The van der Waals surface area contributed by atoms with Gasteiger partial charge < -0.3 is 14.7 Å². The maximum absolute atomic E-state index is 9.71. The van der Waals surface area contributed by atoms with Crippen molar-refractivity contribution in [2.24, 2.45) is 0 Å². The smallest absolute Gasteiger partial charge is 0.123 e. The van der Waals surface area contributed by atoms with Gasteiger partial charge in [-0.05, 0) is 76.1 Å². The molecule has 0 atom stereocenters. The van der Waals surface area contributed by atoms with Crippen LogP contribution in [0.25, 0.3) is 0 Å². The minimum Gasteiger partial charge on any atom is -0.508 e. The van der Waals surface area contributed by atoms with Crippen molar-refractivity contribution >= 4 is 0 Å². The van der Waals surface area contributed by atoms with Crippen molar-refractivity contribution in [3.8, 4) is 11.5 Å². The fourth-order valence-corrected chi connectivity index (χ4v) is 3.78. The predicted octanol–water partition coefficient (Wildman–Crippen LogP) is 4.10. The van der Waals surface area contributed by atoms with Gasteiger partial charge in [-0.2, -0.15) is 0 Å². The van der Waals surface area contributed by atoms with Crippen LogP contribution in [-0.4, -0.2) is 55.2 Å². The highest BCUT2D eigenvalue weighted by Gasteiger charge is 2.21. The van der Waals surface area contributed by atoms with E-state index in [0.717, 1.165) is 57.8 Å². The second-order valence-electron chi connectivity index (χ2n) is 7.76. The van der Waals surface area contributed by atoms with Gasteiger partial charge in [0, 0.05) is 18.7 Å². The first-order valence-corrected chi connectivity index (χ1v) is 9.98. The van der Waals surface area contributed by atoms with Crippen molar-refractivity contribution in [2.75, 3.05) is 40.3 Å². The summed E-state index contributed by atoms with van der Waals surface area (Å²) in [5, 5.41) is 9.71. The van der Waals surface area contributed by atoms with Crippen molar-refractivity contribution in [3.05, 3.63) is 59.7 Å². The summed E-state index contributed by atoms with van der Waals surface area (Å²) in [5.41, 5.74) is 2.54. The van der Waals surface area contributed by atoms with Crippen LogP contribution < -0.4 is 4.74 Å². The van der Waals surface area contributed by atoms with Crippen molar-refractivity contribution in [3.63, 3.8) is 0 Å². The number of aromatic hydroxyl groups is 1. The molecule has 1 N–H and O–H groups in total. The molecule has 4 nitrogen and oxygen atoms in total. The first-order chi connectivity index (χ1) is 13.1. The lowest BCUT2D eigenvalue weighted by Gasteiger charge is -2.32. The molecule has 1 fully saturated rings. The Morgan fingerprint density at radius 2 is 1.85 bits per heavy atom. The average Bonchev–Trinajstić information content (AvgIpc) is 2.67. The van der Waals surface area contributed by atoms with E-state index in [-0.39, 0.29) is 0 Å². The first kappa shape index (κ1) is 19.7. The van der Waals surface area contributed by atoms with Gasteiger partial charge in [0.1, 0.15) is 11.5 Å². The SMILES string of the molecule is CN(C)CCCOc1ccccc1CN1CCC(c2cccc(O)c2)CC1. The van der Waals surface area contributed by atoms with Gasteiger partial charge in [0.05, 0.1) is 6.61 Å². The number of hydrogen-bond acceptors (Lipinski definition) is 4. The maximum Gasteiger partial charge on any atom is 0.123 e. The molecule has 3 rings (SSSR count). The van der Waals surface area contributed by atoms with Crippen LogP contribution in [0, 0.1) is 0 Å². The van der Waals surface area contributed by atoms with E-state index in [4.69, 9.17) is 4.74 Å². The molecule has 0 bridgehead atoms. The third-order valence-electron chi connectivity index (χ3n) is 5.30. The van der Waals surface area contributed by atoms with Crippen LogP contribution >= 0.6 is 0 Å². The number of hydrogen-bond donors (Lipinski definition) is 1. The Bertz CT molecular complexity index is 709. The quantitative estimate of drug-likeness (QED) is 0.712. The van der Waals surface area contributed by atoms with Crippen LogP contribution in [0.1, 0.15) is 36.3 Å². The van der Waals surface area contributed by atoms with E-state index in [1.54, 1.807) is 6.07 Å². The van der Waals surface area contributed by atoms with Crippen LogP contribution in [0.3, 0.4) is 0 Å². The Morgan fingerprint density at radius 3 is 2.59 bits per heavy atom. The van der Waals surface area contributed by atoms with Crippen LogP contribution in [-0.2, 0) is 6.54 Å². The lowest BCUT2D eigenvalue weighted by molar-refractivity contribution is 0.200. The largest absolute Gasteiger partial charge is 0.508 e. The topological polar surface area (TPSA) is 35.9 Å². The summed E-state index contributed by atoms with van der Waals surface area (Å²) in [6.07, 6.45) is 3.31. The number of ether oxygens (including phenoxy) is 1. The van der Waals surface area contributed by atoms with Crippen molar-refractivity contribution in [1.29, 1.82) is 0 Å². The summed E-state index contributed by atoms with van der Waals surface area (Å²) in [4.78, 5) is 4.70. The van der Waals surface area contributed by atoms with Gasteiger partial charge >= 0.3 is 0 Å². The van der Waals surface area contributed by atoms with Gasteiger partial charge in [0.2, 0.25) is 0 Å². The first-order valence-electron chi connectivity index (χ1n) is 9.98. The predicted molar refractivity (Wildman–Crippen MR) is 110 cm³/mol. The van der Waals surface area contributed by atoms with Crippen molar-refractivity contribution < 1.29 is 9.84 Å². The molecule has 2 aromatic carbocycles. The molecular formula is C23H32N2O2. The van der Waals surface area contributed by atoms with Gasteiger partial charge in [-0.25, -0.2) is 0 Å². The van der Waals surface area contributed by atoms with E-state index in [2.05, 4.69) is 54.2 Å². The molecule has 27 heavy (non-hydrogen) atoms. The molecule has 4 heteroatoms. The van der Waals surface area contributed by atoms with E-state index in [1.807, 2.05) is 12.1 Å². The number of para-hydroxylation sites is 1. The Morgan fingerprint density at radius 1 is 1.07 bits per heavy atom. The van der Waals surface area contributed by atoms with Crippen molar-refractivity contribution in [1.82, 2.24) is 9.80 Å². The molecule has 0 saturated carbocycles. The Kier molecular flexibility index (Phi) is 7.13. The number of benzene rings is 2. The molecule has 0 radical (unpaired) electrons. The molecule has 146 valence electrons. The molecule has 0 amide bonds. The molecule has 2 aromatic rings. The highest BCUT2D eigenvalue weighted by molar-refractivity contribution is 5.33. The van der Waals surface area contributed by atoms with Gasteiger partial charge in [-0.1, -0.05) is 30.3 Å². The molecule has 1 aliphatic rings. The Labute approximate surface area is 163 Å². The second-order valence-corrected chi connectivity index (χ2v) is 7.76. The molecule has 0 spiro atoms. The number of rotatable bonds is 8. The van der Waals surface area contributed by atoms with Crippen LogP contribution in [0.2, 0.25) is 0 Å². The number of piperidine rings is 1. The minimum absolute atomic E-state index is 0.371. The maximum atomic E-state index is 9.71. The molecule has 1 aliphatic heterocycles. The van der Waals surface area contributed by atoms with E-state index >= 15 is 0 Å². The van der Waals surface area contributed by atoms with E-state index in [1.165, 1.54) is 11.1 Å². The third-order valence-corrected chi connectivity index (χ3v) is 5.30. The lowest BCUT2D eigenvalue weighted by Crippen LogP contribution is -2.32. The number of likely N-dealkylation sites (tertiary alicyclic amines) is 1. The van der Waals surface area contributed by atoms with Crippen LogP contribution in [0.15, 0.2) is 48.5 Å². The summed E-state index contributed by atoms with van der Waals surface area (Å²) in [5.74, 6) is 1.94. The fraction of sp³-hybridized carbons (Fsp3) is 0.478. The summed E-state index contributed by atoms with van der Waals surface area (Å²) >= 11 is 0. The minimum atomic E-state index is 0.371. The normalized spacial score (nSPS) is 16.0. The number of nitrogens with zero attached hydrogens (tertiary/aromatic N) is 2. The van der Waals surface area contributed by atoms with E-state index in [0.29, 0.717) is 11.7 Å². The molecule has 1 heterocycles.